The molecule has 1 aromatic heterocycles. The van der Waals surface area contributed by atoms with E-state index < -0.39 is 4.92 Å². The van der Waals surface area contributed by atoms with Gasteiger partial charge in [0, 0.05) is 27.7 Å². The molecule has 0 unspecified atom stereocenters. The van der Waals surface area contributed by atoms with E-state index in [1.54, 1.807) is 37.3 Å². The second-order valence-corrected chi connectivity index (χ2v) is 9.05. The predicted octanol–water partition coefficient (Wildman–Crippen LogP) is 6.33. The highest BCUT2D eigenvalue weighted by Gasteiger charge is 2.33. The second kappa shape index (κ2) is 8.17. The highest BCUT2D eigenvalue weighted by molar-refractivity contribution is 9.10. The first-order valence-electron chi connectivity index (χ1n) is 8.72. The Balaban J connectivity index is 1.62. The molecule has 0 radical (unpaired) electrons. The minimum absolute atomic E-state index is 0.0281. The van der Waals surface area contributed by atoms with E-state index in [1.807, 2.05) is 24.3 Å². The zero-order chi connectivity index (χ0) is 21.4. The third-order valence-electron chi connectivity index (χ3n) is 4.45. The van der Waals surface area contributed by atoms with Crippen molar-refractivity contribution in [1.82, 2.24) is 0 Å². The highest BCUT2D eigenvalue weighted by Crippen LogP contribution is 2.37. The summed E-state index contributed by atoms with van der Waals surface area (Å²) in [4.78, 5) is 25.6. The fourth-order valence-corrected chi connectivity index (χ4v) is 4.65. The Morgan fingerprint density at radius 2 is 2.00 bits per heavy atom. The molecule has 0 aliphatic carbocycles. The lowest BCUT2D eigenvalue weighted by molar-refractivity contribution is -0.385. The van der Waals surface area contributed by atoms with E-state index in [0.29, 0.717) is 37.6 Å². The van der Waals surface area contributed by atoms with Crippen LogP contribution in [0.4, 0.5) is 11.4 Å². The Morgan fingerprint density at radius 1 is 1.20 bits per heavy atom. The van der Waals surface area contributed by atoms with Gasteiger partial charge >= 0.3 is 0 Å². The van der Waals surface area contributed by atoms with Gasteiger partial charge in [-0.3, -0.25) is 19.8 Å². The van der Waals surface area contributed by atoms with Crippen LogP contribution in [0.5, 0.6) is 0 Å². The first-order chi connectivity index (χ1) is 14.3. The molecule has 0 bridgehead atoms. The molecule has 4 rings (SSSR count). The zero-order valence-corrected chi connectivity index (χ0v) is 18.7. The SMILES string of the molecule is Cc1ccc(-c2ccc(/C=C3/SC(=S)N(c4cccc(Br)c4)C3=O)o2)cc1[N+](=O)[O-]. The van der Waals surface area contributed by atoms with Gasteiger partial charge in [0.1, 0.15) is 11.5 Å². The molecule has 1 saturated heterocycles. The molecule has 0 spiro atoms. The van der Waals surface area contributed by atoms with E-state index >= 15 is 0 Å². The second-order valence-electron chi connectivity index (χ2n) is 6.46. The van der Waals surface area contributed by atoms with Crippen molar-refractivity contribution in [2.75, 3.05) is 4.90 Å². The van der Waals surface area contributed by atoms with Gasteiger partial charge < -0.3 is 4.42 Å². The van der Waals surface area contributed by atoms with Gasteiger partial charge in [-0.2, -0.15) is 0 Å². The smallest absolute Gasteiger partial charge is 0.273 e. The van der Waals surface area contributed by atoms with Crippen molar-refractivity contribution < 1.29 is 14.1 Å². The predicted molar refractivity (Wildman–Crippen MR) is 125 cm³/mol. The number of carbonyl (C=O) groups is 1. The topological polar surface area (TPSA) is 76.6 Å². The molecule has 2 heterocycles. The molecule has 1 amide bonds. The molecule has 9 heteroatoms. The van der Waals surface area contributed by atoms with E-state index in [2.05, 4.69) is 15.9 Å². The molecule has 3 aromatic rings. The van der Waals surface area contributed by atoms with Gasteiger partial charge in [0.15, 0.2) is 4.32 Å². The first kappa shape index (κ1) is 20.5. The summed E-state index contributed by atoms with van der Waals surface area (Å²) in [6.07, 6.45) is 1.63. The van der Waals surface area contributed by atoms with Crippen LogP contribution in [-0.4, -0.2) is 15.2 Å². The summed E-state index contributed by atoms with van der Waals surface area (Å²) in [5.41, 5.74) is 1.88. The van der Waals surface area contributed by atoms with Crippen molar-refractivity contribution in [1.29, 1.82) is 0 Å². The van der Waals surface area contributed by atoms with Crippen LogP contribution < -0.4 is 4.90 Å². The number of thiocarbonyl (C=S) groups is 1. The molecule has 150 valence electrons. The lowest BCUT2D eigenvalue weighted by atomic mass is 10.1. The lowest BCUT2D eigenvalue weighted by Crippen LogP contribution is -2.27. The number of benzene rings is 2. The number of hydrogen-bond donors (Lipinski definition) is 0. The van der Waals surface area contributed by atoms with E-state index in [9.17, 15) is 14.9 Å². The van der Waals surface area contributed by atoms with Crippen LogP contribution in [0.15, 0.2) is 68.4 Å². The maximum absolute atomic E-state index is 12.9. The van der Waals surface area contributed by atoms with Crippen LogP contribution in [0, 0.1) is 17.0 Å². The fourth-order valence-electron chi connectivity index (χ4n) is 2.98. The maximum atomic E-state index is 12.9. The van der Waals surface area contributed by atoms with E-state index in [4.69, 9.17) is 16.6 Å². The minimum atomic E-state index is -0.421. The standard InChI is InChI=1S/C21H13BrN2O4S2/c1-12-5-6-13(9-17(12)24(26)27)18-8-7-16(28-18)11-19-20(25)23(21(29)30-19)15-4-2-3-14(22)10-15/h2-11H,1H3/b19-11+. The first-order valence-corrected chi connectivity index (χ1v) is 10.7. The van der Waals surface area contributed by atoms with Gasteiger partial charge in [-0.25, -0.2) is 0 Å². The summed E-state index contributed by atoms with van der Waals surface area (Å²) in [6, 6.07) is 15.7. The lowest BCUT2D eigenvalue weighted by Gasteiger charge is -2.14. The Labute approximate surface area is 189 Å². The molecular weight excluding hydrogens is 488 g/mol. The number of aryl methyl sites for hydroxylation is 1. The Kier molecular flexibility index (Phi) is 5.59. The summed E-state index contributed by atoms with van der Waals surface area (Å²) < 4.78 is 7.10. The van der Waals surface area contributed by atoms with Crippen LogP contribution >= 0.6 is 39.9 Å². The Hall–Kier alpha value is -2.75. The van der Waals surface area contributed by atoms with Gasteiger partial charge in [-0.1, -0.05) is 58.1 Å². The molecular formula is C21H13BrN2O4S2. The summed E-state index contributed by atoms with van der Waals surface area (Å²) in [7, 11) is 0. The Morgan fingerprint density at radius 3 is 2.73 bits per heavy atom. The molecule has 30 heavy (non-hydrogen) atoms. The third-order valence-corrected chi connectivity index (χ3v) is 6.25. The number of hydrogen-bond acceptors (Lipinski definition) is 6. The summed E-state index contributed by atoms with van der Waals surface area (Å²) in [5.74, 6) is 0.710. The zero-order valence-electron chi connectivity index (χ0n) is 15.5. The van der Waals surface area contributed by atoms with E-state index in [1.165, 1.54) is 22.7 Å². The number of nitrogens with zero attached hydrogens (tertiary/aromatic N) is 2. The van der Waals surface area contributed by atoms with Crippen molar-refractivity contribution in [3.63, 3.8) is 0 Å². The molecule has 2 aromatic carbocycles. The number of halogens is 1. The molecule has 1 aliphatic rings. The molecule has 0 saturated carbocycles. The Bertz CT molecular complexity index is 1240. The number of furan rings is 1. The van der Waals surface area contributed by atoms with Crippen molar-refractivity contribution in [3.8, 4) is 11.3 Å². The largest absolute Gasteiger partial charge is 0.457 e. The van der Waals surface area contributed by atoms with Crippen LogP contribution in [0.1, 0.15) is 11.3 Å². The van der Waals surface area contributed by atoms with E-state index in [0.717, 1.165) is 4.47 Å². The monoisotopic (exact) mass is 500 g/mol. The van der Waals surface area contributed by atoms with E-state index in [-0.39, 0.29) is 11.6 Å². The van der Waals surface area contributed by atoms with Crippen LogP contribution in [0.25, 0.3) is 17.4 Å². The fraction of sp³-hybridized carbons (Fsp3) is 0.0476. The summed E-state index contributed by atoms with van der Waals surface area (Å²) in [5, 5.41) is 11.2. The molecule has 1 fully saturated rings. The highest BCUT2D eigenvalue weighted by atomic mass is 79.9. The van der Waals surface area contributed by atoms with Crippen molar-refractivity contribution >= 4 is 67.6 Å². The molecule has 0 N–H and O–H groups in total. The molecule has 1 aliphatic heterocycles. The maximum Gasteiger partial charge on any atom is 0.273 e. The third kappa shape index (κ3) is 3.96. The number of anilines is 1. The number of nitro benzene ring substituents is 1. The number of carbonyl (C=O) groups excluding carboxylic acids is 1. The number of amides is 1. The normalized spacial score (nSPS) is 15.3. The van der Waals surface area contributed by atoms with Gasteiger partial charge in [-0.15, -0.1) is 0 Å². The minimum Gasteiger partial charge on any atom is -0.457 e. The average molecular weight is 501 g/mol. The number of thioether (sulfide) groups is 1. The van der Waals surface area contributed by atoms with Crippen molar-refractivity contribution in [2.45, 2.75) is 6.92 Å². The van der Waals surface area contributed by atoms with Gasteiger partial charge in [-0.05, 0) is 37.3 Å². The van der Waals surface area contributed by atoms with Gasteiger partial charge in [0.25, 0.3) is 11.6 Å². The summed E-state index contributed by atoms with van der Waals surface area (Å²) >= 11 is 9.98. The van der Waals surface area contributed by atoms with Crippen LogP contribution in [0.3, 0.4) is 0 Å². The van der Waals surface area contributed by atoms with Gasteiger partial charge in [0.2, 0.25) is 0 Å². The summed E-state index contributed by atoms with van der Waals surface area (Å²) in [6.45, 7) is 1.68. The number of rotatable bonds is 4. The molecule has 6 nitrogen and oxygen atoms in total. The van der Waals surface area contributed by atoms with Crippen molar-refractivity contribution in [3.05, 3.63) is 85.4 Å². The average Bonchev–Trinajstić information content (AvgIpc) is 3.26. The van der Waals surface area contributed by atoms with Gasteiger partial charge in [0.05, 0.1) is 15.5 Å². The number of nitro groups is 1. The quantitative estimate of drug-likeness (QED) is 0.180. The molecule has 0 atom stereocenters. The van der Waals surface area contributed by atoms with Crippen LogP contribution in [-0.2, 0) is 4.79 Å². The van der Waals surface area contributed by atoms with Crippen LogP contribution in [0.2, 0.25) is 0 Å². The van der Waals surface area contributed by atoms with Crippen molar-refractivity contribution in [2.24, 2.45) is 0 Å².